The van der Waals surface area contributed by atoms with E-state index in [4.69, 9.17) is 5.11 Å². The third-order valence-corrected chi connectivity index (χ3v) is 1.41. The topological polar surface area (TPSA) is 60.8 Å². The van der Waals surface area contributed by atoms with Crippen LogP contribution in [-0.4, -0.2) is 32.9 Å². The summed E-state index contributed by atoms with van der Waals surface area (Å²) in [6.07, 6.45) is 0. The molecule has 0 aromatic heterocycles. The molecule has 0 aromatic rings. The van der Waals surface area contributed by atoms with Crippen LogP contribution < -0.4 is 0 Å². The highest BCUT2D eigenvalue weighted by Gasteiger charge is 2.28. The molecule has 0 saturated heterocycles. The number of carboxylic acid groups (broad SMARTS) is 1. The lowest BCUT2D eigenvalue weighted by Gasteiger charge is -2.32. The van der Waals surface area contributed by atoms with Crippen molar-refractivity contribution in [1.82, 2.24) is 5.06 Å². The van der Waals surface area contributed by atoms with Gasteiger partial charge in [-0.1, -0.05) is 0 Å². The van der Waals surface area contributed by atoms with E-state index in [-0.39, 0.29) is 0 Å². The molecule has 0 spiro atoms. The molecule has 0 rings (SSSR count). The van der Waals surface area contributed by atoms with Crippen LogP contribution in [0.1, 0.15) is 27.7 Å². The molecule has 0 aliphatic rings. The van der Waals surface area contributed by atoms with Crippen molar-refractivity contribution in [1.29, 1.82) is 0 Å². The maximum Gasteiger partial charge on any atom is 0.323 e. The molecule has 11 heavy (non-hydrogen) atoms. The van der Waals surface area contributed by atoms with E-state index in [9.17, 15) is 10.0 Å². The lowest BCUT2D eigenvalue weighted by molar-refractivity contribution is -0.197. The van der Waals surface area contributed by atoms with Crippen LogP contribution in [0.4, 0.5) is 0 Å². The molecule has 0 aliphatic carbocycles. The fourth-order valence-electron chi connectivity index (χ4n) is 0.686. The van der Waals surface area contributed by atoms with Gasteiger partial charge in [0, 0.05) is 5.54 Å². The second-order valence-corrected chi connectivity index (χ2v) is 3.53. The Morgan fingerprint density at radius 2 is 1.82 bits per heavy atom. The Hall–Kier alpha value is -0.610. The van der Waals surface area contributed by atoms with Gasteiger partial charge in [0.15, 0.2) is 0 Å². The Kier molecular flexibility index (Phi) is 3.02. The number of carbonyl (C=O) groups is 1. The van der Waals surface area contributed by atoms with E-state index in [1.807, 2.05) is 0 Å². The van der Waals surface area contributed by atoms with E-state index in [1.54, 1.807) is 20.8 Å². The predicted molar refractivity (Wildman–Crippen MR) is 40.5 cm³/mol. The largest absolute Gasteiger partial charge is 0.480 e. The predicted octanol–water partition coefficient (Wildman–Crippen LogP) is 0.949. The average molecular weight is 161 g/mol. The minimum Gasteiger partial charge on any atom is -0.480 e. The molecule has 0 radical (unpaired) electrons. The summed E-state index contributed by atoms with van der Waals surface area (Å²) in [5.41, 5.74) is -0.530. The smallest absolute Gasteiger partial charge is 0.323 e. The molecule has 0 aliphatic heterocycles. The molecule has 66 valence electrons. The Labute approximate surface area is 66.4 Å². The zero-order valence-corrected chi connectivity index (χ0v) is 7.33. The zero-order chi connectivity index (χ0) is 9.23. The van der Waals surface area contributed by atoms with Crippen LogP contribution in [0.2, 0.25) is 0 Å². The SMILES string of the molecule is CC(C(=O)O)N(O)C(C)(C)C. The van der Waals surface area contributed by atoms with Crippen LogP contribution in [0.25, 0.3) is 0 Å². The Bertz CT molecular complexity index is 150. The van der Waals surface area contributed by atoms with Gasteiger partial charge >= 0.3 is 5.97 Å². The second kappa shape index (κ2) is 3.19. The monoisotopic (exact) mass is 161 g/mol. The van der Waals surface area contributed by atoms with Crippen molar-refractivity contribution in [3.05, 3.63) is 0 Å². The van der Waals surface area contributed by atoms with Gasteiger partial charge in [0.05, 0.1) is 0 Å². The summed E-state index contributed by atoms with van der Waals surface area (Å²) in [6, 6.07) is -0.866. The maximum absolute atomic E-state index is 10.4. The first-order chi connectivity index (χ1) is 4.76. The highest BCUT2D eigenvalue weighted by atomic mass is 16.5. The van der Waals surface area contributed by atoms with Gasteiger partial charge in [-0.05, 0) is 27.7 Å². The molecule has 4 nitrogen and oxygen atoms in total. The van der Waals surface area contributed by atoms with E-state index >= 15 is 0 Å². The molecule has 0 heterocycles. The molecule has 1 unspecified atom stereocenters. The van der Waals surface area contributed by atoms with E-state index in [2.05, 4.69) is 0 Å². The van der Waals surface area contributed by atoms with Gasteiger partial charge in [-0.15, -0.1) is 0 Å². The summed E-state index contributed by atoms with van der Waals surface area (Å²) in [5, 5.41) is 18.6. The number of hydroxylamine groups is 2. The molecule has 0 amide bonds. The number of hydrogen-bond acceptors (Lipinski definition) is 3. The minimum absolute atomic E-state index is 0.530. The number of hydrogen-bond donors (Lipinski definition) is 2. The standard InChI is InChI=1S/C7H15NO3/c1-5(6(9)10)8(11)7(2,3)4/h5,11H,1-4H3,(H,9,10). The van der Waals surface area contributed by atoms with Crippen molar-refractivity contribution in [3.8, 4) is 0 Å². The number of aliphatic carboxylic acids is 1. The molecule has 1 atom stereocenters. The van der Waals surface area contributed by atoms with Crippen molar-refractivity contribution in [2.45, 2.75) is 39.3 Å². The fourth-order valence-corrected chi connectivity index (χ4v) is 0.686. The van der Waals surface area contributed by atoms with Gasteiger partial charge in [-0.2, -0.15) is 5.06 Å². The zero-order valence-electron chi connectivity index (χ0n) is 7.33. The summed E-state index contributed by atoms with van der Waals surface area (Å²) in [5.74, 6) is -1.03. The average Bonchev–Trinajstić information content (AvgIpc) is 1.82. The van der Waals surface area contributed by atoms with Gasteiger partial charge < -0.3 is 10.3 Å². The first-order valence-corrected chi connectivity index (χ1v) is 3.48. The first-order valence-electron chi connectivity index (χ1n) is 3.48. The van der Waals surface area contributed by atoms with Crippen LogP contribution >= 0.6 is 0 Å². The van der Waals surface area contributed by atoms with E-state index in [0.717, 1.165) is 5.06 Å². The van der Waals surface area contributed by atoms with Crippen LogP contribution in [0.5, 0.6) is 0 Å². The molecule has 0 fully saturated rings. The van der Waals surface area contributed by atoms with E-state index < -0.39 is 17.6 Å². The number of rotatable bonds is 2. The highest BCUT2D eigenvalue weighted by Crippen LogP contribution is 2.13. The Morgan fingerprint density at radius 3 is 1.91 bits per heavy atom. The van der Waals surface area contributed by atoms with Gasteiger partial charge in [-0.3, -0.25) is 4.79 Å². The lowest BCUT2D eigenvalue weighted by atomic mass is 10.1. The van der Waals surface area contributed by atoms with Crippen molar-refractivity contribution >= 4 is 5.97 Å². The molecule has 0 bridgehead atoms. The molecule has 0 aromatic carbocycles. The Morgan fingerprint density at radius 1 is 1.45 bits per heavy atom. The number of nitrogens with zero attached hydrogens (tertiary/aromatic N) is 1. The summed E-state index contributed by atoms with van der Waals surface area (Å²) < 4.78 is 0. The van der Waals surface area contributed by atoms with Crippen molar-refractivity contribution in [2.24, 2.45) is 0 Å². The molecule has 0 saturated carbocycles. The van der Waals surface area contributed by atoms with Crippen LogP contribution in [0.3, 0.4) is 0 Å². The third-order valence-electron chi connectivity index (χ3n) is 1.41. The van der Waals surface area contributed by atoms with Crippen LogP contribution in [0, 0.1) is 0 Å². The fraction of sp³-hybridized carbons (Fsp3) is 0.857. The van der Waals surface area contributed by atoms with Crippen molar-refractivity contribution in [3.63, 3.8) is 0 Å². The van der Waals surface area contributed by atoms with Gasteiger partial charge in [0.2, 0.25) is 0 Å². The summed E-state index contributed by atoms with van der Waals surface area (Å²) in [6.45, 7) is 6.67. The van der Waals surface area contributed by atoms with Crippen LogP contribution in [-0.2, 0) is 4.79 Å². The summed E-state index contributed by atoms with van der Waals surface area (Å²) in [7, 11) is 0. The van der Waals surface area contributed by atoms with Gasteiger partial charge in [0.25, 0.3) is 0 Å². The quantitative estimate of drug-likeness (QED) is 0.592. The van der Waals surface area contributed by atoms with Gasteiger partial charge in [0.1, 0.15) is 6.04 Å². The number of carboxylic acids is 1. The minimum atomic E-state index is -1.03. The lowest BCUT2D eigenvalue weighted by Crippen LogP contribution is -2.47. The van der Waals surface area contributed by atoms with Crippen LogP contribution in [0.15, 0.2) is 0 Å². The first kappa shape index (κ1) is 10.4. The normalized spacial score (nSPS) is 15.1. The molecule has 2 N–H and O–H groups in total. The molecular formula is C7H15NO3. The molecule has 4 heteroatoms. The third kappa shape index (κ3) is 2.86. The van der Waals surface area contributed by atoms with E-state index in [0.29, 0.717) is 0 Å². The van der Waals surface area contributed by atoms with E-state index in [1.165, 1.54) is 6.92 Å². The van der Waals surface area contributed by atoms with Gasteiger partial charge in [-0.25, -0.2) is 0 Å². The second-order valence-electron chi connectivity index (χ2n) is 3.53. The Balaban J connectivity index is 4.25. The summed E-state index contributed by atoms with van der Waals surface area (Å²) >= 11 is 0. The maximum atomic E-state index is 10.4. The summed E-state index contributed by atoms with van der Waals surface area (Å²) in [4.78, 5) is 10.4. The highest BCUT2D eigenvalue weighted by molar-refractivity contribution is 5.72. The van der Waals surface area contributed by atoms with Crippen molar-refractivity contribution in [2.75, 3.05) is 0 Å². The molecular weight excluding hydrogens is 146 g/mol. The van der Waals surface area contributed by atoms with Crippen molar-refractivity contribution < 1.29 is 15.1 Å².